The van der Waals surface area contributed by atoms with E-state index in [-0.39, 0.29) is 17.9 Å². The number of aliphatic hydroxyl groups excluding tert-OH is 1. The van der Waals surface area contributed by atoms with Gasteiger partial charge in [-0.2, -0.15) is 13.2 Å². The molecule has 0 saturated heterocycles. The van der Waals surface area contributed by atoms with E-state index in [9.17, 15) is 18.3 Å². The van der Waals surface area contributed by atoms with Gasteiger partial charge in [-0.3, -0.25) is 0 Å². The van der Waals surface area contributed by atoms with Crippen LogP contribution in [0.2, 0.25) is 0 Å². The van der Waals surface area contributed by atoms with E-state index in [4.69, 9.17) is 14.9 Å². The highest BCUT2D eigenvalue weighted by molar-refractivity contribution is 5.80. The number of hydrogen-bond acceptors (Lipinski definition) is 4. The molecule has 0 heterocycles. The molecule has 2 rings (SSSR count). The van der Waals surface area contributed by atoms with Gasteiger partial charge in [0, 0.05) is 11.8 Å². The average molecular weight is 339 g/mol. The molecule has 1 atom stereocenters. The van der Waals surface area contributed by atoms with Crippen LogP contribution in [0.5, 0.6) is 11.5 Å². The van der Waals surface area contributed by atoms with Crippen molar-refractivity contribution in [3.05, 3.63) is 59.7 Å². The van der Waals surface area contributed by atoms with E-state index in [0.29, 0.717) is 12.0 Å². The van der Waals surface area contributed by atoms with E-state index in [0.717, 1.165) is 12.1 Å². The lowest BCUT2D eigenvalue weighted by molar-refractivity contribution is -0.137. The first kappa shape index (κ1) is 17.8. The Hall–Kier alpha value is -2.54. The molecular formula is C17H16F3NO3. The van der Waals surface area contributed by atoms with Crippen LogP contribution in [-0.2, 0) is 6.18 Å². The maximum Gasteiger partial charge on any atom is 0.417 e. The highest BCUT2D eigenvalue weighted by atomic mass is 19.4. The zero-order valence-corrected chi connectivity index (χ0v) is 12.6. The van der Waals surface area contributed by atoms with Gasteiger partial charge in [-0.25, -0.2) is 0 Å². The Morgan fingerprint density at radius 2 is 1.79 bits per heavy atom. The average Bonchev–Trinajstić information content (AvgIpc) is 2.58. The lowest BCUT2D eigenvalue weighted by Crippen LogP contribution is -2.28. The minimum absolute atomic E-state index is 0.0197. The number of aliphatic hydroxyl groups is 1. The number of nitrogens with one attached hydrogen (secondary N) is 1. The van der Waals surface area contributed by atoms with Gasteiger partial charge < -0.3 is 20.0 Å². The highest BCUT2D eigenvalue weighted by Gasteiger charge is 2.33. The summed E-state index contributed by atoms with van der Waals surface area (Å²) >= 11 is 0. The highest BCUT2D eigenvalue weighted by Crippen LogP contribution is 2.34. The van der Waals surface area contributed by atoms with E-state index < -0.39 is 24.5 Å². The fourth-order valence-corrected chi connectivity index (χ4v) is 2.00. The van der Waals surface area contributed by atoms with Crippen LogP contribution in [0.4, 0.5) is 13.2 Å². The van der Waals surface area contributed by atoms with Gasteiger partial charge in [-0.05, 0) is 30.3 Å². The fraction of sp³-hybridized carbons (Fsp3) is 0.235. The molecule has 4 nitrogen and oxygen atoms in total. The van der Waals surface area contributed by atoms with Crippen LogP contribution in [0, 0.1) is 5.41 Å². The number of halogens is 3. The Bertz CT molecular complexity index is 675. The number of para-hydroxylation sites is 1. The molecule has 7 heteroatoms. The Labute approximate surface area is 137 Å². The van der Waals surface area contributed by atoms with Crippen LogP contribution in [0.25, 0.3) is 0 Å². The smallest absolute Gasteiger partial charge is 0.417 e. The van der Waals surface area contributed by atoms with E-state index >= 15 is 0 Å². The van der Waals surface area contributed by atoms with Gasteiger partial charge in [0.25, 0.3) is 0 Å². The summed E-state index contributed by atoms with van der Waals surface area (Å²) in [6.07, 6.45) is -4.78. The summed E-state index contributed by atoms with van der Waals surface area (Å²) in [4.78, 5) is 0. The van der Waals surface area contributed by atoms with Gasteiger partial charge in [0.1, 0.15) is 18.1 Å². The van der Waals surface area contributed by atoms with Crippen LogP contribution in [-0.4, -0.2) is 30.6 Å². The first-order valence-electron chi connectivity index (χ1n) is 7.11. The number of rotatable bonds is 7. The predicted octanol–water partition coefficient (Wildman–Crippen LogP) is 3.52. The third-order valence-electron chi connectivity index (χ3n) is 3.17. The standard InChI is InChI=1S/C17H16F3NO3/c18-17(19,20)16-8-14(7-6-12(16)9-21)24-15(10-22)11-23-13-4-2-1-3-5-13/h1-9,15,21-22H,10-11H2/t15-/m1/s1. The molecule has 0 aliphatic heterocycles. The quantitative estimate of drug-likeness (QED) is 0.759. The molecular weight excluding hydrogens is 323 g/mol. The zero-order chi connectivity index (χ0) is 17.6. The lowest BCUT2D eigenvalue weighted by atomic mass is 10.1. The number of ether oxygens (including phenoxy) is 2. The van der Waals surface area contributed by atoms with Gasteiger partial charge in [-0.15, -0.1) is 0 Å². The van der Waals surface area contributed by atoms with Crippen LogP contribution in [0.15, 0.2) is 48.5 Å². The molecule has 2 N–H and O–H groups in total. The first-order chi connectivity index (χ1) is 11.4. The monoisotopic (exact) mass is 339 g/mol. The topological polar surface area (TPSA) is 62.5 Å². The Balaban J connectivity index is 2.09. The van der Waals surface area contributed by atoms with E-state index in [1.54, 1.807) is 24.3 Å². The summed E-state index contributed by atoms with van der Waals surface area (Å²) in [5.74, 6) is 0.512. The summed E-state index contributed by atoms with van der Waals surface area (Å²) in [5, 5.41) is 16.4. The molecule has 0 spiro atoms. The van der Waals surface area contributed by atoms with E-state index in [1.165, 1.54) is 6.07 Å². The second kappa shape index (κ2) is 7.83. The SMILES string of the molecule is N=Cc1ccc(O[C@H](CO)COc2ccccc2)cc1C(F)(F)F. The van der Waals surface area contributed by atoms with Gasteiger partial charge in [-0.1, -0.05) is 18.2 Å². The Kier molecular flexibility index (Phi) is 5.81. The predicted molar refractivity (Wildman–Crippen MR) is 82.8 cm³/mol. The molecule has 0 bridgehead atoms. The van der Waals surface area contributed by atoms with Crippen LogP contribution >= 0.6 is 0 Å². The molecule has 0 aliphatic carbocycles. The second-order valence-corrected chi connectivity index (χ2v) is 4.94. The maximum absolute atomic E-state index is 13.0. The molecule has 2 aromatic rings. The van der Waals surface area contributed by atoms with Gasteiger partial charge in [0.2, 0.25) is 0 Å². The molecule has 2 aromatic carbocycles. The van der Waals surface area contributed by atoms with Crippen molar-refractivity contribution in [3.8, 4) is 11.5 Å². The van der Waals surface area contributed by atoms with Crippen molar-refractivity contribution in [1.82, 2.24) is 0 Å². The summed E-state index contributed by atoms with van der Waals surface area (Å²) in [7, 11) is 0. The summed E-state index contributed by atoms with van der Waals surface area (Å²) < 4.78 is 49.7. The molecule has 24 heavy (non-hydrogen) atoms. The maximum atomic E-state index is 13.0. The molecule has 0 amide bonds. The number of hydrogen-bond donors (Lipinski definition) is 2. The number of alkyl halides is 3. The van der Waals surface area contributed by atoms with E-state index in [1.807, 2.05) is 6.07 Å². The van der Waals surface area contributed by atoms with Crippen molar-refractivity contribution in [2.75, 3.05) is 13.2 Å². The van der Waals surface area contributed by atoms with Crippen molar-refractivity contribution in [2.24, 2.45) is 0 Å². The van der Waals surface area contributed by atoms with Crippen LogP contribution in [0.3, 0.4) is 0 Å². The molecule has 0 unspecified atom stereocenters. The lowest BCUT2D eigenvalue weighted by Gasteiger charge is -2.19. The molecule has 128 valence electrons. The third-order valence-corrected chi connectivity index (χ3v) is 3.17. The minimum atomic E-state index is -4.60. The van der Waals surface area contributed by atoms with Crippen molar-refractivity contribution < 1.29 is 27.8 Å². The van der Waals surface area contributed by atoms with Crippen LogP contribution in [0.1, 0.15) is 11.1 Å². The second-order valence-electron chi connectivity index (χ2n) is 4.94. The summed E-state index contributed by atoms with van der Waals surface area (Å²) in [5.41, 5.74) is -1.22. The van der Waals surface area contributed by atoms with Crippen LogP contribution < -0.4 is 9.47 Å². The Morgan fingerprint density at radius 1 is 1.08 bits per heavy atom. The fourth-order valence-electron chi connectivity index (χ4n) is 2.00. The molecule has 0 aliphatic rings. The third kappa shape index (κ3) is 4.73. The van der Waals surface area contributed by atoms with Gasteiger partial charge >= 0.3 is 6.18 Å². The van der Waals surface area contributed by atoms with Crippen molar-refractivity contribution in [3.63, 3.8) is 0 Å². The van der Waals surface area contributed by atoms with Crippen molar-refractivity contribution >= 4 is 6.21 Å². The Morgan fingerprint density at radius 3 is 2.38 bits per heavy atom. The van der Waals surface area contributed by atoms with Crippen molar-refractivity contribution in [2.45, 2.75) is 12.3 Å². The van der Waals surface area contributed by atoms with Crippen molar-refractivity contribution in [1.29, 1.82) is 5.41 Å². The number of benzene rings is 2. The van der Waals surface area contributed by atoms with Gasteiger partial charge in [0.05, 0.1) is 12.2 Å². The molecule has 0 radical (unpaired) electrons. The zero-order valence-electron chi connectivity index (χ0n) is 12.6. The largest absolute Gasteiger partial charge is 0.490 e. The molecule has 0 fully saturated rings. The minimum Gasteiger partial charge on any atom is -0.490 e. The molecule has 0 saturated carbocycles. The summed E-state index contributed by atoms with van der Waals surface area (Å²) in [6.45, 7) is -0.436. The van der Waals surface area contributed by atoms with Gasteiger partial charge in [0.15, 0.2) is 6.10 Å². The molecule has 0 aromatic heterocycles. The first-order valence-corrected chi connectivity index (χ1v) is 7.11. The van der Waals surface area contributed by atoms with E-state index in [2.05, 4.69) is 0 Å². The normalized spacial score (nSPS) is 12.5. The summed E-state index contributed by atoms with van der Waals surface area (Å²) in [6, 6.07) is 12.1.